The molecule has 4 aromatic rings. The van der Waals surface area contributed by atoms with Crippen molar-refractivity contribution < 1.29 is 0 Å². The topological polar surface area (TPSA) is 41.9 Å². The monoisotopic (exact) mass is 378 g/mol. The van der Waals surface area contributed by atoms with Gasteiger partial charge in [0.05, 0.1) is 11.2 Å². The molecule has 0 N–H and O–H groups in total. The van der Waals surface area contributed by atoms with Crippen molar-refractivity contribution in [3.05, 3.63) is 90.4 Å². The SMILES string of the molecule is Cc1cccc(-c2nccnc2N2CC=C(c3ccc4ccccc4n3)CC2)c1. The zero-order valence-corrected chi connectivity index (χ0v) is 16.4. The summed E-state index contributed by atoms with van der Waals surface area (Å²) in [5, 5.41) is 1.18. The third-order valence-corrected chi connectivity index (χ3v) is 5.41. The van der Waals surface area contributed by atoms with Crippen molar-refractivity contribution in [2.45, 2.75) is 13.3 Å². The molecule has 0 amide bonds. The fourth-order valence-electron chi connectivity index (χ4n) is 3.90. The van der Waals surface area contributed by atoms with Crippen molar-refractivity contribution in [2.75, 3.05) is 18.0 Å². The highest BCUT2D eigenvalue weighted by atomic mass is 15.2. The van der Waals surface area contributed by atoms with Gasteiger partial charge in [0.2, 0.25) is 0 Å². The van der Waals surface area contributed by atoms with Crippen molar-refractivity contribution in [1.82, 2.24) is 15.0 Å². The molecule has 0 fully saturated rings. The van der Waals surface area contributed by atoms with Gasteiger partial charge in [-0.1, -0.05) is 54.1 Å². The van der Waals surface area contributed by atoms with Crippen LogP contribution in [0.5, 0.6) is 0 Å². The summed E-state index contributed by atoms with van der Waals surface area (Å²) in [7, 11) is 0. The third kappa shape index (κ3) is 3.49. The van der Waals surface area contributed by atoms with Crippen LogP contribution in [0.25, 0.3) is 27.7 Å². The van der Waals surface area contributed by atoms with E-state index >= 15 is 0 Å². The molecule has 4 nitrogen and oxygen atoms in total. The lowest BCUT2D eigenvalue weighted by Crippen LogP contribution is -2.29. The fraction of sp³-hybridized carbons (Fsp3) is 0.160. The van der Waals surface area contributed by atoms with E-state index in [9.17, 15) is 0 Å². The van der Waals surface area contributed by atoms with Gasteiger partial charge in [0.15, 0.2) is 5.82 Å². The summed E-state index contributed by atoms with van der Waals surface area (Å²) in [5.74, 6) is 0.944. The second-order valence-electron chi connectivity index (χ2n) is 7.41. The fourth-order valence-corrected chi connectivity index (χ4v) is 3.90. The van der Waals surface area contributed by atoms with E-state index in [1.54, 1.807) is 12.4 Å². The van der Waals surface area contributed by atoms with E-state index < -0.39 is 0 Å². The van der Waals surface area contributed by atoms with E-state index in [4.69, 9.17) is 4.98 Å². The van der Waals surface area contributed by atoms with Crippen molar-refractivity contribution in [3.63, 3.8) is 0 Å². The number of nitrogens with zero attached hydrogens (tertiary/aromatic N) is 4. The first kappa shape index (κ1) is 17.6. The lowest BCUT2D eigenvalue weighted by molar-refractivity contribution is 0.812. The maximum absolute atomic E-state index is 4.86. The summed E-state index contributed by atoms with van der Waals surface area (Å²) in [6, 6.07) is 21.0. The number of para-hydroxylation sites is 1. The van der Waals surface area contributed by atoms with Crippen molar-refractivity contribution in [2.24, 2.45) is 0 Å². The Bertz CT molecular complexity index is 1210. The minimum Gasteiger partial charge on any atom is -0.351 e. The number of rotatable bonds is 3. The molecule has 2 aromatic heterocycles. The van der Waals surface area contributed by atoms with Gasteiger partial charge in [0, 0.05) is 36.4 Å². The van der Waals surface area contributed by atoms with Gasteiger partial charge in [-0.2, -0.15) is 0 Å². The van der Waals surface area contributed by atoms with Gasteiger partial charge >= 0.3 is 0 Å². The average molecular weight is 378 g/mol. The predicted octanol–water partition coefficient (Wildman–Crippen LogP) is 5.29. The quantitative estimate of drug-likeness (QED) is 0.485. The van der Waals surface area contributed by atoms with E-state index in [1.807, 2.05) is 12.1 Å². The number of hydrogen-bond acceptors (Lipinski definition) is 4. The second-order valence-corrected chi connectivity index (χ2v) is 7.41. The third-order valence-electron chi connectivity index (χ3n) is 5.41. The highest BCUT2D eigenvalue weighted by molar-refractivity contribution is 5.81. The molecule has 0 spiro atoms. The Labute approximate surface area is 170 Å². The summed E-state index contributed by atoms with van der Waals surface area (Å²) in [5.41, 5.74) is 6.69. The van der Waals surface area contributed by atoms with Gasteiger partial charge in [-0.05, 0) is 37.1 Å². The van der Waals surface area contributed by atoms with E-state index in [0.717, 1.165) is 47.8 Å². The zero-order valence-electron chi connectivity index (χ0n) is 16.4. The lowest BCUT2D eigenvalue weighted by atomic mass is 10.0. The first-order valence-corrected chi connectivity index (χ1v) is 9.96. The molecule has 4 heteroatoms. The number of benzene rings is 2. The first-order chi connectivity index (χ1) is 14.3. The maximum atomic E-state index is 4.86. The largest absolute Gasteiger partial charge is 0.351 e. The number of anilines is 1. The van der Waals surface area contributed by atoms with Crippen LogP contribution in [-0.2, 0) is 0 Å². The predicted molar refractivity (Wildman–Crippen MR) is 119 cm³/mol. The molecule has 0 saturated carbocycles. The molecule has 0 atom stereocenters. The van der Waals surface area contributed by atoms with E-state index in [2.05, 4.69) is 76.4 Å². The molecule has 1 aliphatic rings. The number of aryl methyl sites for hydroxylation is 1. The highest BCUT2D eigenvalue weighted by Gasteiger charge is 2.19. The molecule has 3 heterocycles. The minimum atomic E-state index is 0.807. The van der Waals surface area contributed by atoms with Crippen LogP contribution in [-0.4, -0.2) is 28.0 Å². The summed E-state index contributed by atoms with van der Waals surface area (Å²) in [6.07, 6.45) is 6.76. The molecule has 29 heavy (non-hydrogen) atoms. The van der Waals surface area contributed by atoms with Crippen LogP contribution in [0.15, 0.2) is 79.1 Å². The Balaban J connectivity index is 1.43. The Morgan fingerprint density at radius 3 is 2.66 bits per heavy atom. The minimum absolute atomic E-state index is 0.807. The van der Waals surface area contributed by atoms with E-state index in [-0.39, 0.29) is 0 Å². The summed E-state index contributed by atoms with van der Waals surface area (Å²) < 4.78 is 0. The standard InChI is InChI=1S/C25H22N4/c1-18-5-4-7-21(17-18)24-25(27-14-13-26-24)29-15-11-20(12-16-29)23-10-9-19-6-2-3-8-22(19)28-23/h2-11,13-14,17H,12,15-16H2,1H3. The Morgan fingerprint density at radius 1 is 0.897 bits per heavy atom. The van der Waals surface area contributed by atoms with Gasteiger partial charge < -0.3 is 4.90 Å². The number of fused-ring (bicyclic) bond motifs is 1. The van der Waals surface area contributed by atoms with E-state index in [1.165, 1.54) is 16.5 Å². The van der Waals surface area contributed by atoms with Crippen LogP contribution >= 0.6 is 0 Å². The molecular weight excluding hydrogens is 356 g/mol. The summed E-state index contributed by atoms with van der Waals surface area (Å²) in [6.45, 7) is 3.81. The molecule has 0 radical (unpaired) electrons. The highest BCUT2D eigenvalue weighted by Crippen LogP contribution is 2.30. The van der Waals surface area contributed by atoms with E-state index in [0.29, 0.717) is 0 Å². The van der Waals surface area contributed by atoms with Crippen molar-refractivity contribution >= 4 is 22.3 Å². The smallest absolute Gasteiger partial charge is 0.155 e. The van der Waals surface area contributed by atoms with Crippen LogP contribution in [0.4, 0.5) is 5.82 Å². The molecule has 0 unspecified atom stereocenters. The molecule has 0 bridgehead atoms. The molecule has 2 aromatic carbocycles. The first-order valence-electron chi connectivity index (χ1n) is 9.96. The molecule has 5 rings (SSSR count). The van der Waals surface area contributed by atoms with Crippen LogP contribution in [0.3, 0.4) is 0 Å². The van der Waals surface area contributed by atoms with Gasteiger partial charge in [0.1, 0.15) is 5.69 Å². The van der Waals surface area contributed by atoms with Crippen LogP contribution in [0.1, 0.15) is 17.7 Å². The molecule has 1 aliphatic heterocycles. The van der Waals surface area contributed by atoms with Crippen LogP contribution in [0, 0.1) is 6.92 Å². The lowest BCUT2D eigenvalue weighted by Gasteiger charge is -2.28. The Kier molecular flexibility index (Phi) is 4.53. The van der Waals surface area contributed by atoms with Gasteiger partial charge in [-0.3, -0.25) is 4.98 Å². The summed E-state index contributed by atoms with van der Waals surface area (Å²) >= 11 is 0. The van der Waals surface area contributed by atoms with Crippen LogP contribution < -0.4 is 4.90 Å². The molecule has 0 saturated heterocycles. The van der Waals surface area contributed by atoms with Crippen molar-refractivity contribution in [1.29, 1.82) is 0 Å². The number of hydrogen-bond donors (Lipinski definition) is 0. The van der Waals surface area contributed by atoms with Gasteiger partial charge in [0.25, 0.3) is 0 Å². The Hall–Kier alpha value is -3.53. The van der Waals surface area contributed by atoms with Gasteiger partial charge in [-0.15, -0.1) is 0 Å². The Morgan fingerprint density at radius 2 is 1.79 bits per heavy atom. The zero-order chi connectivity index (χ0) is 19.6. The second kappa shape index (κ2) is 7.47. The normalized spacial score (nSPS) is 14.1. The maximum Gasteiger partial charge on any atom is 0.155 e. The van der Waals surface area contributed by atoms with Crippen LogP contribution in [0.2, 0.25) is 0 Å². The molecular formula is C25H22N4. The molecule has 0 aliphatic carbocycles. The average Bonchev–Trinajstić information content (AvgIpc) is 2.79. The van der Waals surface area contributed by atoms with Crippen molar-refractivity contribution in [3.8, 4) is 11.3 Å². The molecule has 142 valence electrons. The number of aromatic nitrogens is 3. The summed E-state index contributed by atoms with van der Waals surface area (Å²) in [4.78, 5) is 16.5. The van der Waals surface area contributed by atoms with Gasteiger partial charge in [-0.25, -0.2) is 9.97 Å². The number of pyridine rings is 1.